The molecule has 4 aliphatic rings. The Kier molecular flexibility index (Phi) is 2.99. The first-order chi connectivity index (χ1) is 9.95. The molecule has 2 saturated carbocycles. The molecule has 21 heavy (non-hydrogen) atoms. The van der Waals surface area contributed by atoms with E-state index in [0.717, 1.165) is 24.2 Å². The zero-order chi connectivity index (χ0) is 14.8. The summed E-state index contributed by atoms with van der Waals surface area (Å²) in [4.78, 5) is 0. The van der Waals surface area contributed by atoms with E-state index in [1.807, 2.05) is 0 Å². The third kappa shape index (κ3) is 1.79. The van der Waals surface area contributed by atoms with E-state index in [1.54, 1.807) is 11.1 Å². The molecule has 0 unspecified atom stereocenters. The van der Waals surface area contributed by atoms with Gasteiger partial charge < -0.3 is 5.11 Å². The Hall–Kier alpha value is -0.560. The highest BCUT2D eigenvalue weighted by Gasteiger charge is 2.57. The van der Waals surface area contributed by atoms with Crippen molar-refractivity contribution in [1.82, 2.24) is 0 Å². The van der Waals surface area contributed by atoms with Crippen molar-refractivity contribution in [2.45, 2.75) is 71.8 Å². The average molecular weight is 286 g/mol. The Balaban J connectivity index is 1.72. The van der Waals surface area contributed by atoms with Crippen molar-refractivity contribution in [1.29, 1.82) is 0 Å². The molecule has 4 aliphatic carbocycles. The second-order valence-electron chi connectivity index (χ2n) is 8.82. The number of aliphatic hydroxyl groups excluding tert-OH is 1. The van der Waals surface area contributed by atoms with Crippen molar-refractivity contribution in [3.63, 3.8) is 0 Å². The molecule has 1 N–H and O–H groups in total. The number of fused-ring (bicyclic) bond motifs is 5. The van der Waals surface area contributed by atoms with Gasteiger partial charge in [0.05, 0.1) is 6.10 Å². The maximum absolute atomic E-state index is 10.5. The molecule has 2 fully saturated rings. The summed E-state index contributed by atoms with van der Waals surface area (Å²) in [7, 11) is 0. The zero-order valence-corrected chi connectivity index (χ0v) is 13.9. The van der Waals surface area contributed by atoms with E-state index < -0.39 is 0 Å². The van der Waals surface area contributed by atoms with Gasteiger partial charge in [-0.1, -0.05) is 31.6 Å². The molecule has 116 valence electrons. The van der Waals surface area contributed by atoms with E-state index in [0.29, 0.717) is 5.41 Å². The van der Waals surface area contributed by atoms with Crippen molar-refractivity contribution in [3.8, 4) is 0 Å². The largest absolute Gasteiger partial charge is 0.393 e. The molecular weight excluding hydrogens is 256 g/mol. The lowest BCUT2D eigenvalue weighted by atomic mass is 9.48. The van der Waals surface area contributed by atoms with Crippen LogP contribution >= 0.6 is 0 Å². The van der Waals surface area contributed by atoms with Gasteiger partial charge in [0.25, 0.3) is 0 Å². The van der Waals surface area contributed by atoms with Crippen LogP contribution in [-0.4, -0.2) is 11.2 Å². The third-order valence-corrected chi connectivity index (χ3v) is 7.92. The van der Waals surface area contributed by atoms with Gasteiger partial charge in [0.2, 0.25) is 0 Å². The first-order valence-corrected chi connectivity index (χ1v) is 9.01. The summed E-state index contributed by atoms with van der Waals surface area (Å²) in [6.45, 7) is 7.20. The average Bonchev–Trinajstić information content (AvgIpc) is 2.76. The Labute approximate surface area is 129 Å². The third-order valence-electron chi connectivity index (χ3n) is 7.92. The van der Waals surface area contributed by atoms with E-state index in [9.17, 15) is 5.11 Å². The minimum absolute atomic E-state index is 0.0462. The molecule has 0 bridgehead atoms. The SMILES string of the molecule is CC1=CC2=CC[C@H]3[C@@H]4CC[C@@H](O)[C@@]4(C)CC[C@@H]3[C@@]2(C)CC1. The summed E-state index contributed by atoms with van der Waals surface area (Å²) in [5, 5.41) is 10.5. The minimum Gasteiger partial charge on any atom is -0.393 e. The Bertz CT molecular complexity index is 516. The van der Waals surface area contributed by atoms with Crippen LogP contribution in [0.4, 0.5) is 0 Å². The van der Waals surface area contributed by atoms with E-state index in [4.69, 9.17) is 0 Å². The van der Waals surface area contributed by atoms with Crippen LogP contribution in [0.25, 0.3) is 0 Å². The van der Waals surface area contributed by atoms with Crippen LogP contribution in [0.1, 0.15) is 65.7 Å². The number of hydrogen-bond donors (Lipinski definition) is 1. The van der Waals surface area contributed by atoms with Crippen LogP contribution in [0.2, 0.25) is 0 Å². The van der Waals surface area contributed by atoms with Crippen LogP contribution in [0.3, 0.4) is 0 Å². The first kappa shape index (κ1) is 14.1. The van der Waals surface area contributed by atoms with Gasteiger partial charge in [-0.2, -0.15) is 0 Å². The highest BCUT2D eigenvalue weighted by atomic mass is 16.3. The predicted molar refractivity (Wildman–Crippen MR) is 86.8 cm³/mol. The number of rotatable bonds is 0. The fourth-order valence-electron chi connectivity index (χ4n) is 6.44. The molecule has 0 spiro atoms. The highest BCUT2D eigenvalue weighted by Crippen LogP contribution is 2.64. The molecule has 0 aromatic rings. The number of hydrogen-bond acceptors (Lipinski definition) is 1. The Morgan fingerprint density at radius 2 is 1.90 bits per heavy atom. The number of allylic oxidation sites excluding steroid dienone is 4. The van der Waals surface area contributed by atoms with Gasteiger partial charge in [0, 0.05) is 0 Å². The lowest BCUT2D eigenvalue weighted by Gasteiger charge is -2.56. The van der Waals surface area contributed by atoms with Crippen LogP contribution in [0.15, 0.2) is 23.3 Å². The van der Waals surface area contributed by atoms with Gasteiger partial charge in [-0.25, -0.2) is 0 Å². The Morgan fingerprint density at radius 3 is 2.71 bits per heavy atom. The molecule has 0 aromatic carbocycles. The minimum atomic E-state index is -0.0462. The van der Waals surface area contributed by atoms with Crippen molar-refractivity contribution in [3.05, 3.63) is 23.3 Å². The summed E-state index contributed by atoms with van der Waals surface area (Å²) >= 11 is 0. The summed E-state index contributed by atoms with van der Waals surface area (Å²) in [6, 6.07) is 0. The molecule has 0 aromatic heterocycles. The molecule has 6 atom stereocenters. The summed E-state index contributed by atoms with van der Waals surface area (Å²) in [6.07, 6.45) is 13.7. The standard InChI is InChI=1S/C20H30O/c1-13-8-10-19(2)14(12-13)4-5-15-16-6-7-18(21)20(16,3)11-9-17(15)19/h4,12,15-18,21H,5-11H2,1-3H3/t15-,16-,17-,18+,19-,20-/m0/s1. The molecule has 0 heterocycles. The molecule has 0 saturated heterocycles. The van der Waals surface area contributed by atoms with Gasteiger partial charge >= 0.3 is 0 Å². The van der Waals surface area contributed by atoms with E-state index in [1.165, 1.54) is 38.5 Å². The highest BCUT2D eigenvalue weighted by molar-refractivity contribution is 5.36. The molecule has 1 nitrogen and oxygen atoms in total. The second-order valence-corrected chi connectivity index (χ2v) is 8.82. The van der Waals surface area contributed by atoms with Gasteiger partial charge in [-0.15, -0.1) is 0 Å². The molecular formula is C20H30O. The smallest absolute Gasteiger partial charge is 0.0596 e. The lowest BCUT2D eigenvalue weighted by Crippen LogP contribution is -2.50. The zero-order valence-electron chi connectivity index (χ0n) is 13.9. The monoisotopic (exact) mass is 286 g/mol. The first-order valence-electron chi connectivity index (χ1n) is 9.01. The number of aliphatic hydroxyl groups is 1. The molecule has 0 aliphatic heterocycles. The maximum atomic E-state index is 10.5. The molecule has 0 radical (unpaired) electrons. The second kappa shape index (κ2) is 4.47. The van der Waals surface area contributed by atoms with E-state index in [-0.39, 0.29) is 11.5 Å². The Morgan fingerprint density at radius 1 is 1.10 bits per heavy atom. The van der Waals surface area contributed by atoms with Crippen molar-refractivity contribution >= 4 is 0 Å². The van der Waals surface area contributed by atoms with Crippen molar-refractivity contribution in [2.75, 3.05) is 0 Å². The molecule has 4 rings (SSSR count). The fraction of sp³-hybridized carbons (Fsp3) is 0.800. The van der Waals surface area contributed by atoms with E-state index in [2.05, 4.69) is 32.9 Å². The summed E-state index contributed by atoms with van der Waals surface area (Å²) in [5.41, 5.74) is 3.82. The quantitative estimate of drug-likeness (QED) is 0.674. The van der Waals surface area contributed by atoms with Crippen molar-refractivity contribution in [2.24, 2.45) is 28.6 Å². The van der Waals surface area contributed by atoms with Gasteiger partial charge in [0.15, 0.2) is 0 Å². The summed E-state index contributed by atoms with van der Waals surface area (Å²) in [5.74, 6) is 2.43. The van der Waals surface area contributed by atoms with Gasteiger partial charge in [-0.05, 0) is 86.0 Å². The fourth-order valence-corrected chi connectivity index (χ4v) is 6.44. The molecule has 0 amide bonds. The van der Waals surface area contributed by atoms with Gasteiger partial charge in [0.1, 0.15) is 0 Å². The predicted octanol–water partition coefficient (Wildman–Crippen LogP) is 4.87. The maximum Gasteiger partial charge on any atom is 0.0596 e. The van der Waals surface area contributed by atoms with E-state index >= 15 is 0 Å². The van der Waals surface area contributed by atoms with Crippen LogP contribution in [-0.2, 0) is 0 Å². The van der Waals surface area contributed by atoms with Gasteiger partial charge in [-0.3, -0.25) is 0 Å². The van der Waals surface area contributed by atoms with Crippen LogP contribution < -0.4 is 0 Å². The topological polar surface area (TPSA) is 20.2 Å². The summed E-state index contributed by atoms with van der Waals surface area (Å²) < 4.78 is 0. The molecule has 1 heteroatoms. The normalized spacial score (nSPS) is 52.4. The lowest BCUT2D eigenvalue weighted by molar-refractivity contribution is -0.0626. The van der Waals surface area contributed by atoms with Crippen molar-refractivity contribution < 1.29 is 5.11 Å². The van der Waals surface area contributed by atoms with Crippen LogP contribution in [0, 0.1) is 28.6 Å². The van der Waals surface area contributed by atoms with Crippen LogP contribution in [0.5, 0.6) is 0 Å².